The van der Waals surface area contributed by atoms with Gasteiger partial charge in [0.25, 0.3) is 0 Å². The van der Waals surface area contributed by atoms with Gasteiger partial charge in [0.15, 0.2) is 0 Å². The Morgan fingerprint density at radius 3 is 2.62 bits per heavy atom. The molecule has 0 radical (unpaired) electrons. The van der Waals surface area contributed by atoms with Crippen molar-refractivity contribution >= 4 is 5.97 Å². The fraction of sp³-hybridized carbons (Fsp3) is 0.917. The fourth-order valence-electron chi connectivity index (χ4n) is 2.59. The number of esters is 1. The summed E-state index contributed by atoms with van der Waals surface area (Å²) in [6.07, 6.45) is 5.37. The Morgan fingerprint density at radius 2 is 2.12 bits per heavy atom. The smallest absolute Gasteiger partial charge is 0.317 e. The van der Waals surface area contributed by atoms with Gasteiger partial charge >= 0.3 is 5.97 Å². The first-order valence-corrected chi connectivity index (χ1v) is 6.14. The van der Waals surface area contributed by atoms with E-state index >= 15 is 0 Å². The molecule has 0 bridgehead atoms. The zero-order valence-corrected chi connectivity index (χ0v) is 9.96. The number of hydrogen-bond donors (Lipinski definition) is 1. The highest BCUT2D eigenvalue weighted by Crippen LogP contribution is 2.29. The molecule has 4 nitrogen and oxygen atoms in total. The molecule has 16 heavy (non-hydrogen) atoms. The van der Waals surface area contributed by atoms with E-state index in [-0.39, 0.29) is 5.97 Å². The van der Waals surface area contributed by atoms with Gasteiger partial charge in [-0.05, 0) is 25.3 Å². The van der Waals surface area contributed by atoms with Crippen LogP contribution in [0.3, 0.4) is 0 Å². The Labute approximate surface area is 96.7 Å². The van der Waals surface area contributed by atoms with Gasteiger partial charge in [0.2, 0.25) is 0 Å². The molecular weight excluding hydrogens is 206 g/mol. The minimum absolute atomic E-state index is 0.141. The van der Waals surface area contributed by atoms with E-state index in [1.165, 1.54) is 32.8 Å². The van der Waals surface area contributed by atoms with Gasteiger partial charge in [-0.15, -0.1) is 0 Å². The van der Waals surface area contributed by atoms with Gasteiger partial charge in [-0.25, -0.2) is 0 Å². The minimum Gasteiger partial charge on any atom is -0.468 e. The third-order valence-electron chi connectivity index (χ3n) is 3.75. The molecule has 0 aromatic carbocycles. The summed E-state index contributed by atoms with van der Waals surface area (Å²) in [5, 5.41) is 3.40. The first-order chi connectivity index (χ1) is 7.77. The third-order valence-corrected chi connectivity index (χ3v) is 3.75. The van der Waals surface area contributed by atoms with Crippen molar-refractivity contribution < 1.29 is 14.3 Å². The van der Waals surface area contributed by atoms with Crippen LogP contribution in [0.1, 0.15) is 25.7 Å². The van der Waals surface area contributed by atoms with Crippen molar-refractivity contribution in [2.75, 3.05) is 33.4 Å². The minimum atomic E-state index is -0.409. The summed E-state index contributed by atoms with van der Waals surface area (Å²) in [6, 6.07) is 0. The lowest BCUT2D eigenvalue weighted by atomic mass is 9.86. The number of ether oxygens (including phenoxy) is 2. The van der Waals surface area contributed by atoms with Crippen LogP contribution < -0.4 is 5.32 Å². The number of hydrogen-bond acceptors (Lipinski definition) is 4. The quantitative estimate of drug-likeness (QED) is 0.711. The third kappa shape index (κ3) is 2.38. The monoisotopic (exact) mass is 227 g/mol. The normalized spacial score (nSPS) is 24.1. The Kier molecular flexibility index (Phi) is 3.82. The second-order valence-corrected chi connectivity index (χ2v) is 5.05. The van der Waals surface area contributed by atoms with E-state index in [1.54, 1.807) is 0 Å². The van der Waals surface area contributed by atoms with Crippen LogP contribution in [0.15, 0.2) is 0 Å². The van der Waals surface area contributed by atoms with E-state index < -0.39 is 5.41 Å². The molecule has 2 aliphatic rings. The van der Waals surface area contributed by atoms with Gasteiger partial charge in [0, 0.05) is 6.54 Å². The van der Waals surface area contributed by atoms with E-state index in [2.05, 4.69) is 5.32 Å². The van der Waals surface area contributed by atoms with Crippen molar-refractivity contribution in [3.05, 3.63) is 0 Å². The number of nitrogens with one attached hydrogen (secondary N) is 1. The number of methoxy groups -OCH3 is 1. The maximum atomic E-state index is 11.6. The molecule has 1 aliphatic heterocycles. The molecule has 1 saturated carbocycles. The molecular formula is C12H21NO3. The molecule has 0 spiro atoms. The maximum absolute atomic E-state index is 11.6. The SMILES string of the molecule is COC(=O)C1(CNCC2CCCC2)COC1. The highest BCUT2D eigenvalue weighted by Gasteiger charge is 2.46. The van der Waals surface area contributed by atoms with Crippen molar-refractivity contribution in [1.29, 1.82) is 0 Å². The van der Waals surface area contributed by atoms with Crippen LogP contribution in [-0.4, -0.2) is 39.4 Å². The van der Waals surface area contributed by atoms with Crippen molar-refractivity contribution in [1.82, 2.24) is 5.32 Å². The molecule has 2 rings (SSSR count). The van der Waals surface area contributed by atoms with E-state index in [4.69, 9.17) is 9.47 Å². The molecule has 0 aromatic rings. The van der Waals surface area contributed by atoms with Gasteiger partial charge in [-0.1, -0.05) is 12.8 Å². The first kappa shape index (κ1) is 11.9. The van der Waals surface area contributed by atoms with E-state index in [1.807, 2.05) is 0 Å². The Balaban J connectivity index is 1.72. The zero-order chi connectivity index (χ0) is 11.4. The average Bonchev–Trinajstić information content (AvgIpc) is 2.74. The van der Waals surface area contributed by atoms with Crippen LogP contribution >= 0.6 is 0 Å². The molecule has 0 aromatic heterocycles. The summed E-state index contributed by atoms with van der Waals surface area (Å²) in [7, 11) is 1.44. The van der Waals surface area contributed by atoms with Crippen LogP contribution in [0.2, 0.25) is 0 Å². The topological polar surface area (TPSA) is 47.6 Å². The van der Waals surface area contributed by atoms with E-state index in [9.17, 15) is 4.79 Å². The molecule has 0 amide bonds. The van der Waals surface area contributed by atoms with Gasteiger partial charge in [-0.3, -0.25) is 4.79 Å². The van der Waals surface area contributed by atoms with Crippen LogP contribution in [-0.2, 0) is 14.3 Å². The summed E-state index contributed by atoms with van der Waals surface area (Å²) in [6.45, 7) is 2.71. The molecule has 1 heterocycles. The summed E-state index contributed by atoms with van der Waals surface area (Å²) in [5.41, 5.74) is -0.409. The number of rotatable bonds is 5. The second kappa shape index (κ2) is 5.15. The van der Waals surface area contributed by atoms with E-state index in [0.29, 0.717) is 19.8 Å². The highest BCUT2D eigenvalue weighted by atomic mass is 16.5. The predicted molar refractivity (Wildman–Crippen MR) is 60.1 cm³/mol. The van der Waals surface area contributed by atoms with Crippen LogP contribution in [0, 0.1) is 11.3 Å². The van der Waals surface area contributed by atoms with Gasteiger partial charge in [0.1, 0.15) is 5.41 Å². The Hall–Kier alpha value is -0.610. The molecule has 92 valence electrons. The largest absolute Gasteiger partial charge is 0.468 e. The lowest BCUT2D eigenvalue weighted by molar-refractivity contribution is -0.182. The van der Waals surface area contributed by atoms with Crippen molar-refractivity contribution in [2.45, 2.75) is 25.7 Å². The fourth-order valence-corrected chi connectivity index (χ4v) is 2.59. The Bertz CT molecular complexity index is 245. The molecule has 0 unspecified atom stereocenters. The van der Waals surface area contributed by atoms with E-state index in [0.717, 1.165) is 12.5 Å². The molecule has 0 atom stereocenters. The van der Waals surface area contributed by atoms with Gasteiger partial charge in [0.05, 0.1) is 20.3 Å². The van der Waals surface area contributed by atoms with Crippen molar-refractivity contribution in [2.24, 2.45) is 11.3 Å². The molecule has 4 heteroatoms. The summed E-state index contributed by atoms with van der Waals surface area (Å²) in [5.74, 6) is 0.661. The average molecular weight is 227 g/mol. The number of carbonyl (C=O) groups excluding carboxylic acids is 1. The standard InChI is InChI=1S/C12H21NO3/c1-15-11(14)12(8-16-9-12)7-13-6-10-4-2-3-5-10/h10,13H,2-9H2,1H3. The number of carbonyl (C=O) groups is 1. The zero-order valence-electron chi connectivity index (χ0n) is 9.96. The van der Waals surface area contributed by atoms with Crippen molar-refractivity contribution in [3.8, 4) is 0 Å². The summed E-state index contributed by atoms with van der Waals surface area (Å²) >= 11 is 0. The van der Waals surface area contributed by atoms with Crippen LogP contribution in [0.25, 0.3) is 0 Å². The lowest BCUT2D eigenvalue weighted by Gasteiger charge is -2.38. The second-order valence-electron chi connectivity index (χ2n) is 5.05. The maximum Gasteiger partial charge on any atom is 0.317 e. The summed E-state index contributed by atoms with van der Waals surface area (Å²) < 4.78 is 9.96. The first-order valence-electron chi connectivity index (χ1n) is 6.14. The van der Waals surface area contributed by atoms with Crippen molar-refractivity contribution in [3.63, 3.8) is 0 Å². The van der Waals surface area contributed by atoms with Gasteiger partial charge < -0.3 is 14.8 Å². The van der Waals surface area contributed by atoms with Gasteiger partial charge in [-0.2, -0.15) is 0 Å². The van der Waals surface area contributed by atoms with Crippen LogP contribution in [0.4, 0.5) is 0 Å². The lowest BCUT2D eigenvalue weighted by Crippen LogP contribution is -2.56. The van der Waals surface area contributed by atoms with Crippen LogP contribution in [0.5, 0.6) is 0 Å². The molecule has 2 fully saturated rings. The molecule has 1 saturated heterocycles. The predicted octanol–water partition coefficient (Wildman–Crippen LogP) is 0.956. The molecule has 1 N–H and O–H groups in total. The molecule has 1 aliphatic carbocycles. The Morgan fingerprint density at radius 1 is 1.44 bits per heavy atom. The highest BCUT2D eigenvalue weighted by molar-refractivity contribution is 5.78. The summed E-state index contributed by atoms with van der Waals surface area (Å²) in [4.78, 5) is 11.6.